The number of fused-ring (bicyclic) bond motifs is 3. The fourth-order valence-electron chi connectivity index (χ4n) is 4.49. The monoisotopic (exact) mass is 369 g/mol. The number of ether oxygens (including phenoxy) is 1. The van der Waals surface area contributed by atoms with Crippen molar-refractivity contribution in [2.75, 3.05) is 0 Å². The standard InChI is InChI=1S/C25H25N2O/c1-14(2)12-18-9-6-10-19-23(18)26-25-24(27(19)5)21-16(4)15(3)13-17-8-7-11-20(28-25)22(17)21/h6-11,13-14H,12H2,1-5H3/q+1. The molecule has 1 aliphatic rings. The summed E-state index contributed by atoms with van der Waals surface area (Å²) in [5, 5.41) is 2.41. The smallest absolute Gasteiger partial charge is 0.294 e. The zero-order valence-electron chi connectivity index (χ0n) is 17.1. The summed E-state index contributed by atoms with van der Waals surface area (Å²) in [5.41, 5.74) is 8.37. The highest BCUT2D eigenvalue weighted by atomic mass is 16.5. The molecule has 0 fully saturated rings. The van der Waals surface area contributed by atoms with Crippen molar-refractivity contribution >= 4 is 21.8 Å². The first-order valence-electron chi connectivity index (χ1n) is 9.98. The van der Waals surface area contributed by atoms with Crippen LogP contribution in [0.1, 0.15) is 30.5 Å². The lowest BCUT2D eigenvalue weighted by atomic mass is 9.91. The van der Waals surface area contributed by atoms with Crippen molar-refractivity contribution in [2.45, 2.75) is 34.1 Å². The molecule has 0 radical (unpaired) electrons. The van der Waals surface area contributed by atoms with Gasteiger partial charge >= 0.3 is 0 Å². The molecule has 0 spiro atoms. The van der Waals surface area contributed by atoms with Crippen LogP contribution >= 0.6 is 0 Å². The summed E-state index contributed by atoms with van der Waals surface area (Å²) in [5.74, 6) is 2.19. The van der Waals surface area contributed by atoms with Crippen molar-refractivity contribution in [1.82, 2.24) is 4.98 Å². The number of nitrogens with zero attached hydrogens (tertiary/aromatic N) is 2. The maximum Gasteiger partial charge on any atom is 0.294 e. The highest BCUT2D eigenvalue weighted by Crippen LogP contribution is 2.46. The van der Waals surface area contributed by atoms with Crippen LogP contribution in [0.4, 0.5) is 0 Å². The summed E-state index contributed by atoms with van der Waals surface area (Å²) >= 11 is 0. The van der Waals surface area contributed by atoms with Gasteiger partial charge < -0.3 is 4.74 Å². The molecule has 5 rings (SSSR count). The molecule has 140 valence electrons. The second-order valence-corrected chi connectivity index (χ2v) is 8.36. The van der Waals surface area contributed by atoms with E-state index in [9.17, 15) is 0 Å². The Labute approximate surface area is 165 Å². The minimum absolute atomic E-state index is 0.578. The first-order valence-corrected chi connectivity index (χ1v) is 9.98. The summed E-state index contributed by atoms with van der Waals surface area (Å²) in [4.78, 5) is 5.04. The zero-order chi connectivity index (χ0) is 19.6. The Morgan fingerprint density at radius 1 is 1.07 bits per heavy atom. The first kappa shape index (κ1) is 17.2. The lowest BCUT2D eigenvalue weighted by Crippen LogP contribution is -2.34. The van der Waals surface area contributed by atoms with Crippen LogP contribution in [0.25, 0.3) is 33.1 Å². The second-order valence-electron chi connectivity index (χ2n) is 8.36. The van der Waals surface area contributed by atoms with Gasteiger partial charge in [-0.25, -0.2) is 4.98 Å². The normalized spacial score (nSPS) is 12.5. The van der Waals surface area contributed by atoms with Gasteiger partial charge in [0.2, 0.25) is 5.52 Å². The average molecular weight is 369 g/mol. The van der Waals surface area contributed by atoms with Gasteiger partial charge in [0.15, 0.2) is 0 Å². The molecule has 0 unspecified atom stereocenters. The molecule has 2 heterocycles. The third-order valence-corrected chi connectivity index (χ3v) is 5.93. The minimum Gasteiger partial charge on any atom is -0.433 e. The number of hydrogen-bond donors (Lipinski definition) is 0. The molecule has 28 heavy (non-hydrogen) atoms. The van der Waals surface area contributed by atoms with Gasteiger partial charge in [0.25, 0.3) is 11.6 Å². The van der Waals surface area contributed by atoms with Gasteiger partial charge in [-0.1, -0.05) is 44.2 Å². The predicted octanol–water partition coefficient (Wildman–Crippen LogP) is 5.80. The average Bonchev–Trinajstić information content (AvgIpc) is 2.65. The summed E-state index contributed by atoms with van der Waals surface area (Å²) in [6, 6.07) is 15.0. The van der Waals surface area contributed by atoms with E-state index in [1.807, 2.05) is 0 Å². The quantitative estimate of drug-likeness (QED) is 0.368. The van der Waals surface area contributed by atoms with Gasteiger partial charge in [0.1, 0.15) is 18.3 Å². The van der Waals surface area contributed by atoms with E-state index in [4.69, 9.17) is 9.72 Å². The highest BCUT2D eigenvalue weighted by Gasteiger charge is 2.33. The molecular formula is C25H25N2O+. The number of para-hydroxylation sites is 1. The lowest BCUT2D eigenvalue weighted by molar-refractivity contribution is -0.634. The molecule has 0 bridgehead atoms. The molecule has 1 aliphatic heterocycles. The first-order chi connectivity index (χ1) is 13.5. The van der Waals surface area contributed by atoms with E-state index < -0.39 is 0 Å². The van der Waals surface area contributed by atoms with Crippen LogP contribution in [0.15, 0.2) is 42.5 Å². The van der Waals surface area contributed by atoms with Crippen molar-refractivity contribution in [2.24, 2.45) is 13.0 Å². The maximum absolute atomic E-state index is 6.36. The van der Waals surface area contributed by atoms with Crippen LogP contribution in [0.2, 0.25) is 0 Å². The fourth-order valence-corrected chi connectivity index (χ4v) is 4.49. The number of rotatable bonds is 2. The Kier molecular flexibility index (Phi) is 3.70. The van der Waals surface area contributed by atoms with Gasteiger partial charge in [-0.05, 0) is 54.3 Å². The van der Waals surface area contributed by atoms with Gasteiger partial charge in [-0.2, -0.15) is 4.57 Å². The Morgan fingerprint density at radius 2 is 1.86 bits per heavy atom. The molecule has 0 atom stereocenters. The number of hydrogen-bond acceptors (Lipinski definition) is 2. The second kappa shape index (κ2) is 6.03. The lowest BCUT2D eigenvalue weighted by Gasteiger charge is -2.21. The summed E-state index contributed by atoms with van der Waals surface area (Å²) in [6.45, 7) is 8.88. The van der Waals surface area contributed by atoms with Crippen molar-refractivity contribution in [3.8, 4) is 22.9 Å². The molecule has 3 heteroatoms. The van der Waals surface area contributed by atoms with Crippen molar-refractivity contribution in [1.29, 1.82) is 0 Å². The molecule has 1 aromatic heterocycles. The van der Waals surface area contributed by atoms with E-state index in [0.29, 0.717) is 11.8 Å². The molecule has 0 aliphatic carbocycles. The highest BCUT2D eigenvalue weighted by molar-refractivity contribution is 6.04. The van der Waals surface area contributed by atoms with Crippen LogP contribution < -0.4 is 9.30 Å². The van der Waals surface area contributed by atoms with Crippen LogP contribution in [0.3, 0.4) is 0 Å². The predicted molar refractivity (Wildman–Crippen MR) is 114 cm³/mol. The molecular weight excluding hydrogens is 344 g/mol. The minimum atomic E-state index is 0.578. The Balaban J connectivity index is 1.91. The Bertz CT molecular complexity index is 1270. The van der Waals surface area contributed by atoms with Crippen LogP contribution in [-0.2, 0) is 13.5 Å². The molecule has 4 aromatic rings. The molecule has 3 nitrogen and oxygen atoms in total. The molecule has 0 N–H and O–H groups in total. The molecule has 0 saturated heterocycles. The molecule has 0 amide bonds. The molecule has 3 aromatic carbocycles. The van der Waals surface area contributed by atoms with Crippen molar-refractivity contribution < 1.29 is 9.30 Å². The Hall–Kier alpha value is -2.94. The third-order valence-electron chi connectivity index (χ3n) is 5.93. The molecule has 0 saturated carbocycles. The van der Waals surface area contributed by atoms with Crippen molar-refractivity contribution in [3.05, 3.63) is 59.2 Å². The fraction of sp³-hybridized carbons (Fsp3) is 0.280. The van der Waals surface area contributed by atoms with E-state index in [2.05, 4.69) is 81.8 Å². The van der Waals surface area contributed by atoms with E-state index in [1.54, 1.807) is 0 Å². The van der Waals surface area contributed by atoms with Gasteiger partial charge in [0.05, 0.1) is 5.56 Å². The van der Waals surface area contributed by atoms with Gasteiger partial charge in [-0.15, -0.1) is 0 Å². The van der Waals surface area contributed by atoms with Crippen LogP contribution in [0.5, 0.6) is 11.6 Å². The van der Waals surface area contributed by atoms with Gasteiger partial charge in [0, 0.05) is 11.5 Å². The third kappa shape index (κ3) is 2.35. The van der Waals surface area contributed by atoms with E-state index >= 15 is 0 Å². The summed E-state index contributed by atoms with van der Waals surface area (Å²) in [6.07, 6.45) is 1.01. The van der Waals surface area contributed by atoms with Crippen LogP contribution in [-0.4, -0.2) is 4.98 Å². The van der Waals surface area contributed by atoms with Crippen LogP contribution in [0, 0.1) is 19.8 Å². The number of aryl methyl sites for hydroxylation is 2. The van der Waals surface area contributed by atoms with E-state index in [1.165, 1.54) is 33.0 Å². The Morgan fingerprint density at radius 3 is 2.64 bits per heavy atom. The SMILES string of the molecule is Cc1cc2cccc3c2c(c1C)-c1c(nc2c(CC(C)C)cccc2[n+]1C)O3. The number of benzene rings is 3. The largest absolute Gasteiger partial charge is 0.433 e. The summed E-state index contributed by atoms with van der Waals surface area (Å²) < 4.78 is 8.62. The maximum atomic E-state index is 6.36. The van der Waals surface area contributed by atoms with E-state index in [-0.39, 0.29) is 0 Å². The zero-order valence-corrected chi connectivity index (χ0v) is 17.1. The number of aromatic nitrogens is 2. The topological polar surface area (TPSA) is 26.0 Å². The van der Waals surface area contributed by atoms with Gasteiger partial charge in [-0.3, -0.25) is 0 Å². The van der Waals surface area contributed by atoms with Crippen molar-refractivity contribution in [3.63, 3.8) is 0 Å². The summed E-state index contributed by atoms with van der Waals surface area (Å²) in [7, 11) is 2.13. The van der Waals surface area contributed by atoms with E-state index in [0.717, 1.165) is 28.9 Å².